The average molecular weight is 395 g/mol. The van der Waals surface area contributed by atoms with Crippen LogP contribution in [-0.2, 0) is 15.7 Å². The molecular formula is C16H18ClF3N2O4. The third kappa shape index (κ3) is 4.51. The van der Waals surface area contributed by atoms with Crippen LogP contribution < -0.4 is 15.0 Å². The van der Waals surface area contributed by atoms with Gasteiger partial charge >= 0.3 is 12.3 Å². The van der Waals surface area contributed by atoms with Gasteiger partial charge in [0.2, 0.25) is 0 Å². The van der Waals surface area contributed by atoms with Crippen molar-refractivity contribution < 1.29 is 32.2 Å². The summed E-state index contributed by atoms with van der Waals surface area (Å²) in [6.07, 6.45) is -5.61. The molecule has 10 heteroatoms. The molecule has 0 fully saturated rings. The lowest BCUT2D eigenvalue weighted by Crippen LogP contribution is -2.50. The normalized spacial score (nSPS) is 17.9. The van der Waals surface area contributed by atoms with Gasteiger partial charge in [-0.15, -0.1) is 0 Å². The number of likely N-dealkylation sites (N-methyl/N-ethyl adjacent to an activating group) is 1. The van der Waals surface area contributed by atoms with Crippen molar-refractivity contribution in [2.45, 2.75) is 38.6 Å². The van der Waals surface area contributed by atoms with Crippen molar-refractivity contribution in [3.05, 3.63) is 22.7 Å². The number of anilines is 1. The number of alkyl carbamates (subject to hydrolysis) is 1. The molecule has 1 N–H and O–H groups in total. The Morgan fingerprint density at radius 2 is 1.96 bits per heavy atom. The monoisotopic (exact) mass is 394 g/mol. The Labute approximate surface area is 153 Å². The number of halogens is 4. The van der Waals surface area contributed by atoms with E-state index in [1.807, 2.05) is 0 Å². The second kappa shape index (κ2) is 6.86. The molecule has 1 aliphatic heterocycles. The van der Waals surface area contributed by atoms with Gasteiger partial charge in [-0.2, -0.15) is 13.2 Å². The van der Waals surface area contributed by atoms with E-state index in [1.165, 1.54) is 13.1 Å². The van der Waals surface area contributed by atoms with E-state index in [0.29, 0.717) is 0 Å². The van der Waals surface area contributed by atoms with Crippen LogP contribution in [-0.4, -0.2) is 37.3 Å². The summed E-state index contributed by atoms with van der Waals surface area (Å²) in [5.74, 6) is -1.18. The molecule has 1 unspecified atom stereocenters. The highest BCUT2D eigenvalue weighted by Gasteiger charge is 2.40. The molecule has 0 radical (unpaired) electrons. The summed E-state index contributed by atoms with van der Waals surface area (Å²) in [6, 6.07) is 0.697. The molecule has 0 saturated carbocycles. The Kier molecular flexibility index (Phi) is 5.32. The van der Waals surface area contributed by atoms with Gasteiger partial charge in [-0.25, -0.2) is 4.79 Å². The smallest absolute Gasteiger partial charge is 0.420 e. The zero-order chi connectivity index (χ0) is 19.9. The Morgan fingerprint density at radius 1 is 1.35 bits per heavy atom. The van der Waals surface area contributed by atoms with Crippen LogP contribution in [0.4, 0.5) is 23.7 Å². The minimum absolute atomic E-state index is 0.136. The van der Waals surface area contributed by atoms with Crippen molar-refractivity contribution in [1.29, 1.82) is 0 Å². The summed E-state index contributed by atoms with van der Waals surface area (Å²) >= 11 is 5.76. The summed E-state index contributed by atoms with van der Waals surface area (Å²) in [6.45, 7) is 4.42. The van der Waals surface area contributed by atoms with Crippen molar-refractivity contribution in [2.24, 2.45) is 0 Å². The molecule has 2 amide bonds. The van der Waals surface area contributed by atoms with E-state index < -0.39 is 47.7 Å². The first kappa shape index (κ1) is 20.2. The van der Waals surface area contributed by atoms with Crippen LogP contribution in [0.15, 0.2) is 12.1 Å². The first-order valence-electron chi connectivity index (χ1n) is 7.60. The number of nitrogens with one attached hydrogen (secondary N) is 1. The maximum Gasteiger partial charge on any atom is 0.420 e. The van der Waals surface area contributed by atoms with Gasteiger partial charge in [-0.1, -0.05) is 11.6 Å². The molecule has 0 spiro atoms. The Hall–Kier alpha value is -2.16. The SMILES string of the molecule is CN1C(=O)C(NC(=O)OC(C)(C)C)COc2c1cc(Cl)cc2C(F)(F)F. The number of carbonyl (C=O) groups is 2. The second-order valence-electron chi connectivity index (χ2n) is 6.71. The lowest BCUT2D eigenvalue weighted by Gasteiger charge is -2.23. The zero-order valence-corrected chi connectivity index (χ0v) is 15.3. The van der Waals surface area contributed by atoms with Gasteiger partial charge < -0.3 is 19.7 Å². The van der Waals surface area contributed by atoms with Crippen LogP contribution in [0.2, 0.25) is 5.02 Å². The number of fused-ring (bicyclic) bond motifs is 1. The van der Waals surface area contributed by atoms with E-state index in [4.69, 9.17) is 21.1 Å². The molecule has 1 heterocycles. The van der Waals surface area contributed by atoms with Gasteiger partial charge in [0.05, 0.1) is 5.69 Å². The van der Waals surface area contributed by atoms with Crippen molar-refractivity contribution >= 4 is 29.3 Å². The van der Waals surface area contributed by atoms with E-state index in [2.05, 4.69) is 5.32 Å². The van der Waals surface area contributed by atoms with Crippen molar-refractivity contribution in [3.63, 3.8) is 0 Å². The summed E-state index contributed by atoms with van der Waals surface area (Å²) < 4.78 is 50.1. The fraction of sp³-hybridized carbons (Fsp3) is 0.500. The molecule has 144 valence electrons. The number of ether oxygens (including phenoxy) is 2. The molecule has 1 atom stereocenters. The third-order valence-electron chi connectivity index (χ3n) is 3.41. The molecule has 6 nitrogen and oxygen atoms in total. The molecule has 0 aromatic heterocycles. The predicted octanol–water partition coefficient (Wildman–Crippen LogP) is 3.61. The molecule has 1 aromatic rings. The Morgan fingerprint density at radius 3 is 2.50 bits per heavy atom. The molecule has 0 saturated heterocycles. The van der Waals surface area contributed by atoms with E-state index in [9.17, 15) is 22.8 Å². The summed E-state index contributed by atoms with van der Waals surface area (Å²) in [5.41, 5.74) is -2.04. The fourth-order valence-electron chi connectivity index (χ4n) is 2.33. The molecule has 1 aromatic carbocycles. The quantitative estimate of drug-likeness (QED) is 0.790. The standard InChI is InChI=1S/C16H18ClF3N2O4/c1-15(2,3)26-14(24)21-10-7-25-12-9(16(18,19)20)5-8(17)6-11(12)22(4)13(10)23/h5-6,10H,7H2,1-4H3,(H,21,24). The van der Waals surface area contributed by atoms with E-state index >= 15 is 0 Å². The number of rotatable bonds is 1. The van der Waals surface area contributed by atoms with Crippen LogP contribution in [0.5, 0.6) is 5.75 Å². The molecule has 0 bridgehead atoms. The highest BCUT2D eigenvalue weighted by Crippen LogP contribution is 2.44. The number of amides is 2. The average Bonchev–Trinajstić information content (AvgIpc) is 2.56. The summed E-state index contributed by atoms with van der Waals surface area (Å²) in [7, 11) is 1.27. The largest absolute Gasteiger partial charge is 0.488 e. The maximum absolute atomic E-state index is 13.3. The lowest BCUT2D eigenvalue weighted by atomic mass is 10.1. The first-order chi connectivity index (χ1) is 11.8. The molecule has 0 aliphatic carbocycles. The van der Waals surface area contributed by atoms with Gasteiger partial charge in [-0.3, -0.25) is 4.79 Å². The van der Waals surface area contributed by atoms with E-state index in [-0.39, 0.29) is 10.7 Å². The highest BCUT2D eigenvalue weighted by atomic mass is 35.5. The number of hydrogen-bond acceptors (Lipinski definition) is 4. The van der Waals surface area contributed by atoms with E-state index in [1.54, 1.807) is 20.8 Å². The van der Waals surface area contributed by atoms with Gasteiger partial charge in [-0.05, 0) is 32.9 Å². The number of carbonyl (C=O) groups excluding carboxylic acids is 2. The van der Waals surface area contributed by atoms with Crippen LogP contribution in [0.1, 0.15) is 26.3 Å². The van der Waals surface area contributed by atoms with Crippen LogP contribution in [0, 0.1) is 0 Å². The Balaban J connectivity index is 2.34. The third-order valence-corrected chi connectivity index (χ3v) is 3.63. The number of nitrogens with zero attached hydrogens (tertiary/aromatic N) is 1. The number of benzene rings is 1. The van der Waals surface area contributed by atoms with Gasteiger partial charge in [0.15, 0.2) is 5.75 Å². The minimum Gasteiger partial charge on any atom is -0.488 e. The van der Waals surface area contributed by atoms with E-state index in [0.717, 1.165) is 11.0 Å². The highest BCUT2D eigenvalue weighted by molar-refractivity contribution is 6.31. The van der Waals surface area contributed by atoms with Crippen LogP contribution >= 0.6 is 11.6 Å². The lowest BCUT2D eigenvalue weighted by molar-refractivity contribution is -0.138. The van der Waals surface area contributed by atoms with Gasteiger partial charge in [0.1, 0.15) is 23.8 Å². The fourth-order valence-corrected chi connectivity index (χ4v) is 2.55. The molecule has 2 rings (SSSR count). The number of hydrogen-bond donors (Lipinski definition) is 1. The van der Waals surface area contributed by atoms with Gasteiger partial charge in [0.25, 0.3) is 5.91 Å². The van der Waals surface area contributed by atoms with Crippen LogP contribution in [0.25, 0.3) is 0 Å². The molecule has 1 aliphatic rings. The molecule has 26 heavy (non-hydrogen) atoms. The predicted molar refractivity (Wildman–Crippen MR) is 88.5 cm³/mol. The topological polar surface area (TPSA) is 67.9 Å². The van der Waals surface area contributed by atoms with Crippen LogP contribution in [0.3, 0.4) is 0 Å². The maximum atomic E-state index is 13.3. The van der Waals surface area contributed by atoms with Crippen molar-refractivity contribution in [1.82, 2.24) is 5.32 Å². The van der Waals surface area contributed by atoms with Crippen molar-refractivity contribution in [3.8, 4) is 5.75 Å². The summed E-state index contributed by atoms with van der Waals surface area (Å²) in [5, 5.41) is 2.12. The summed E-state index contributed by atoms with van der Waals surface area (Å²) in [4.78, 5) is 25.4. The second-order valence-corrected chi connectivity index (χ2v) is 7.14. The zero-order valence-electron chi connectivity index (χ0n) is 14.5. The molecular weight excluding hydrogens is 377 g/mol. The number of alkyl halides is 3. The first-order valence-corrected chi connectivity index (χ1v) is 7.98. The van der Waals surface area contributed by atoms with Gasteiger partial charge in [0, 0.05) is 12.1 Å². The minimum atomic E-state index is -4.72. The Bertz CT molecular complexity index is 731. The van der Waals surface area contributed by atoms with Crippen molar-refractivity contribution in [2.75, 3.05) is 18.6 Å².